The third-order valence-corrected chi connectivity index (χ3v) is 10.5. The maximum Gasteiger partial charge on any atom is 0.119 e. The largest absolute Gasteiger partial charge is 0.491 e. The van der Waals surface area contributed by atoms with Gasteiger partial charge in [-0.1, -0.05) is 124 Å². The summed E-state index contributed by atoms with van der Waals surface area (Å²) in [6.45, 7) is 7.95. The van der Waals surface area contributed by atoms with Gasteiger partial charge in [-0.25, -0.2) is 0 Å². The van der Waals surface area contributed by atoms with Crippen molar-refractivity contribution in [1.82, 2.24) is 0 Å². The van der Waals surface area contributed by atoms with Crippen molar-refractivity contribution < 1.29 is 19.1 Å². The molecule has 1 atom stereocenters. The van der Waals surface area contributed by atoms with Crippen molar-refractivity contribution in [3.63, 3.8) is 0 Å². The Bertz CT molecular complexity index is 1630. The Morgan fingerprint density at radius 1 is 0.568 bits per heavy atom. The molecule has 0 aliphatic heterocycles. The van der Waals surface area contributed by atoms with Gasteiger partial charge in [-0.3, -0.25) is 0 Å². The van der Waals surface area contributed by atoms with Crippen LogP contribution >= 0.6 is 8.15 Å². The number of benzene rings is 5. The molecule has 6 rings (SSSR count). The van der Waals surface area contributed by atoms with E-state index in [1.54, 1.807) is 0 Å². The lowest BCUT2D eigenvalue weighted by Gasteiger charge is -2.34. The average Bonchev–Trinajstić information content (AvgIpc) is 3.35. The van der Waals surface area contributed by atoms with E-state index < -0.39 is 13.6 Å². The predicted molar refractivity (Wildman–Crippen MR) is 181 cm³/mol. The van der Waals surface area contributed by atoms with Crippen molar-refractivity contribution in [1.29, 1.82) is 0 Å². The molecule has 1 unspecified atom stereocenters. The van der Waals surface area contributed by atoms with Gasteiger partial charge in [-0.15, -0.1) is 0 Å². The predicted octanol–water partition coefficient (Wildman–Crippen LogP) is 8.34. The van der Waals surface area contributed by atoms with E-state index in [0.29, 0.717) is 13.2 Å². The minimum Gasteiger partial charge on any atom is -0.491 e. The Balaban J connectivity index is 1.28. The second-order valence-electron chi connectivity index (χ2n) is 11.9. The summed E-state index contributed by atoms with van der Waals surface area (Å²) in [6.07, 6.45) is 0. The van der Waals surface area contributed by atoms with Crippen molar-refractivity contribution >= 4 is 13.5 Å². The summed E-state index contributed by atoms with van der Waals surface area (Å²) in [5.41, 5.74) is 6.83. The molecule has 1 N–H and O–H groups in total. The normalized spacial score (nSPS) is 14.0. The van der Waals surface area contributed by atoms with Crippen LogP contribution in [0.15, 0.2) is 127 Å². The molecule has 5 heteroatoms. The summed E-state index contributed by atoms with van der Waals surface area (Å²) in [7, 11) is -0.778. The molecule has 0 fully saturated rings. The zero-order valence-electron chi connectivity index (χ0n) is 25.6. The van der Waals surface area contributed by atoms with E-state index in [1.807, 2.05) is 18.2 Å². The SMILES string of the molecule is CC(C)(C)P(OCCOc1ccc(C2(c3ccc(OCCO)cc3)c3ccccc3-c3ccccc32)cc1)c1ccccc1. The molecule has 224 valence electrons. The number of aliphatic hydroxyl groups is 1. The second-order valence-corrected chi connectivity index (χ2v) is 14.6. The lowest BCUT2D eigenvalue weighted by Crippen LogP contribution is -2.28. The molecule has 0 radical (unpaired) electrons. The van der Waals surface area contributed by atoms with Gasteiger partial charge in [0.05, 0.1) is 26.8 Å². The van der Waals surface area contributed by atoms with Gasteiger partial charge >= 0.3 is 0 Å². The highest BCUT2D eigenvalue weighted by Gasteiger charge is 2.45. The molecule has 4 nitrogen and oxygen atoms in total. The number of hydrogen-bond acceptors (Lipinski definition) is 4. The van der Waals surface area contributed by atoms with Crippen LogP contribution in [0.25, 0.3) is 11.1 Å². The zero-order chi connectivity index (χ0) is 30.6. The van der Waals surface area contributed by atoms with E-state index in [0.717, 1.165) is 17.1 Å². The fraction of sp³-hybridized carbons (Fsp3) is 0.231. The van der Waals surface area contributed by atoms with E-state index in [-0.39, 0.29) is 18.4 Å². The maximum absolute atomic E-state index is 9.22. The van der Waals surface area contributed by atoms with Gasteiger partial charge in [-0.05, 0) is 57.6 Å². The minimum absolute atomic E-state index is 0.0158. The van der Waals surface area contributed by atoms with Crippen LogP contribution in [0.2, 0.25) is 0 Å². The number of ether oxygens (including phenoxy) is 2. The lowest BCUT2D eigenvalue weighted by molar-refractivity contribution is 0.201. The maximum atomic E-state index is 9.22. The van der Waals surface area contributed by atoms with Crippen LogP contribution in [0, 0.1) is 0 Å². The second kappa shape index (κ2) is 13.0. The van der Waals surface area contributed by atoms with Crippen LogP contribution in [0.3, 0.4) is 0 Å². The van der Waals surface area contributed by atoms with Gasteiger partial charge in [0, 0.05) is 10.5 Å². The molecule has 0 bridgehead atoms. The van der Waals surface area contributed by atoms with Crippen LogP contribution in [0.4, 0.5) is 0 Å². The minimum atomic E-state index is -0.778. The van der Waals surface area contributed by atoms with Crippen molar-refractivity contribution in [2.75, 3.05) is 26.4 Å². The first-order chi connectivity index (χ1) is 21.4. The third kappa shape index (κ3) is 5.78. The molecular formula is C39H39O4P. The molecule has 1 aliphatic carbocycles. The molecule has 5 aromatic rings. The number of aliphatic hydroxyl groups excluding tert-OH is 1. The Morgan fingerprint density at radius 3 is 1.55 bits per heavy atom. The number of fused-ring (bicyclic) bond motifs is 3. The zero-order valence-corrected chi connectivity index (χ0v) is 26.5. The van der Waals surface area contributed by atoms with Gasteiger partial charge in [0.1, 0.15) is 24.7 Å². The van der Waals surface area contributed by atoms with E-state index in [1.165, 1.54) is 33.1 Å². The third-order valence-electron chi connectivity index (χ3n) is 8.06. The summed E-state index contributed by atoms with van der Waals surface area (Å²) in [6, 6.07) is 44.7. The van der Waals surface area contributed by atoms with Crippen molar-refractivity contribution in [3.05, 3.63) is 150 Å². The molecule has 1 aliphatic rings. The van der Waals surface area contributed by atoms with Crippen molar-refractivity contribution in [2.45, 2.75) is 31.3 Å². The summed E-state index contributed by atoms with van der Waals surface area (Å²) in [5.74, 6) is 1.56. The Hall–Kier alpha value is -3.95. The van der Waals surface area contributed by atoms with Crippen molar-refractivity contribution in [2.24, 2.45) is 0 Å². The molecule has 0 saturated carbocycles. The topological polar surface area (TPSA) is 47.9 Å². The van der Waals surface area contributed by atoms with Gasteiger partial charge in [0.15, 0.2) is 0 Å². The van der Waals surface area contributed by atoms with Crippen LogP contribution in [0.1, 0.15) is 43.0 Å². The van der Waals surface area contributed by atoms with E-state index in [4.69, 9.17) is 14.0 Å². The lowest BCUT2D eigenvalue weighted by atomic mass is 9.68. The molecule has 0 heterocycles. The fourth-order valence-corrected chi connectivity index (χ4v) is 8.31. The first kappa shape index (κ1) is 30.1. The summed E-state index contributed by atoms with van der Waals surface area (Å²) in [5, 5.41) is 10.5. The van der Waals surface area contributed by atoms with Crippen LogP contribution in [0.5, 0.6) is 11.5 Å². The molecule has 0 saturated heterocycles. The highest BCUT2D eigenvalue weighted by atomic mass is 31.1. The van der Waals surface area contributed by atoms with Gasteiger partial charge in [-0.2, -0.15) is 0 Å². The average molecular weight is 603 g/mol. The van der Waals surface area contributed by atoms with E-state index >= 15 is 0 Å². The van der Waals surface area contributed by atoms with Crippen LogP contribution in [-0.2, 0) is 9.94 Å². The van der Waals surface area contributed by atoms with Crippen LogP contribution < -0.4 is 14.8 Å². The van der Waals surface area contributed by atoms with Gasteiger partial charge in [0.25, 0.3) is 0 Å². The molecule has 0 amide bonds. The summed E-state index contributed by atoms with van der Waals surface area (Å²) in [4.78, 5) is 0. The monoisotopic (exact) mass is 602 g/mol. The smallest absolute Gasteiger partial charge is 0.119 e. The molecule has 5 aromatic carbocycles. The van der Waals surface area contributed by atoms with E-state index in [9.17, 15) is 5.11 Å². The van der Waals surface area contributed by atoms with Crippen LogP contribution in [-0.4, -0.2) is 36.7 Å². The first-order valence-electron chi connectivity index (χ1n) is 15.2. The fourth-order valence-electron chi connectivity index (χ4n) is 6.30. The highest BCUT2D eigenvalue weighted by Crippen LogP contribution is 2.56. The molecule has 0 spiro atoms. The van der Waals surface area contributed by atoms with Crippen molar-refractivity contribution in [3.8, 4) is 22.6 Å². The van der Waals surface area contributed by atoms with Gasteiger partial charge < -0.3 is 19.1 Å². The summed E-state index contributed by atoms with van der Waals surface area (Å²) >= 11 is 0. The highest BCUT2D eigenvalue weighted by molar-refractivity contribution is 7.62. The summed E-state index contributed by atoms with van der Waals surface area (Å²) < 4.78 is 18.3. The van der Waals surface area contributed by atoms with E-state index in [2.05, 4.69) is 130 Å². The number of hydrogen-bond donors (Lipinski definition) is 1. The molecule has 0 aromatic heterocycles. The molecule has 44 heavy (non-hydrogen) atoms. The quantitative estimate of drug-likeness (QED) is 0.120. The van der Waals surface area contributed by atoms with Gasteiger partial charge in [0.2, 0.25) is 0 Å². The number of rotatable bonds is 11. The molecular weight excluding hydrogens is 563 g/mol. The Morgan fingerprint density at radius 2 is 1.05 bits per heavy atom. The first-order valence-corrected chi connectivity index (χ1v) is 16.4. The Labute approximate surface area is 262 Å². The Kier molecular flexibility index (Phi) is 8.86. The standard InChI is InChI=1S/C39H39O4P/c1-38(2,3)44(33-11-5-4-6-12-33)43-28-27-42-32-23-19-30(20-24-32)39(29-17-21-31(22-18-29)41-26-25-40)36-15-9-7-13-34(36)35-14-8-10-16-37(35)39/h4-24,40H,25-28H2,1-3H3.